The van der Waals surface area contributed by atoms with Crippen molar-refractivity contribution in [3.05, 3.63) is 62.4 Å². The molecule has 1 aromatic heterocycles. The molecule has 2 aromatic carbocycles. The quantitative estimate of drug-likeness (QED) is 0.500. The standard InChI is InChI=1S/C14H6Cl2FN3O3/c15-8-5-4-7(6-11(8)20(21)22)14-18-13(19-23-14)12-9(16)2-1-3-10(12)17/h1-6H. The highest BCUT2D eigenvalue weighted by molar-refractivity contribution is 6.33. The van der Waals surface area contributed by atoms with Crippen molar-refractivity contribution in [2.24, 2.45) is 0 Å². The fraction of sp³-hybridized carbons (Fsp3) is 0. The van der Waals surface area contributed by atoms with Gasteiger partial charge in [0.1, 0.15) is 10.8 Å². The molecular weight excluding hydrogens is 348 g/mol. The summed E-state index contributed by atoms with van der Waals surface area (Å²) in [5, 5.41) is 14.7. The van der Waals surface area contributed by atoms with Crippen LogP contribution in [0, 0.1) is 15.9 Å². The van der Waals surface area contributed by atoms with Gasteiger partial charge in [-0.3, -0.25) is 10.1 Å². The molecule has 0 bridgehead atoms. The Balaban J connectivity index is 2.06. The van der Waals surface area contributed by atoms with E-state index in [1.54, 1.807) is 0 Å². The summed E-state index contributed by atoms with van der Waals surface area (Å²) >= 11 is 11.7. The number of aromatic nitrogens is 2. The molecule has 3 aromatic rings. The second-order valence-corrected chi connectivity index (χ2v) is 5.26. The first kappa shape index (κ1) is 15.4. The number of nitrogens with zero attached hydrogens (tertiary/aromatic N) is 3. The Morgan fingerprint density at radius 2 is 1.96 bits per heavy atom. The molecule has 0 aliphatic carbocycles. The lowest BCUT2D eigenvalue weighted by Gasteiger charge is -1.99. The van der Waals surface area contributed by atoms with E-state index < -0.39 is 10.7 Å². The van der Waals surface area contributed by atoms with Crippen LogP contribution in [-0.4, -0.2) is 15.1 Å². The van der Waals surface area contributed by atoms with Gasteiger partial charge < -0.3 is 4.52 Å². The van der Waals surface area contributed by atoms with Gasteiger partial charge in [-0.2, -0.15) is 4.98 Å². The average Bonchev–Trinajstić information content (AvgIpc) is 2.97. The fourth-order valence-corrected chi connectivity index (χ4v) is 2.37. The number of rotatable bonds is 3. The molecule has 116 valence electrons. The van der Waals surface area contributed by atoms with Gasteiger partial charge in [0.05, 0.1) is 15.5 Å². The Morgan fingerprint density at radius 3 is 2.65 bits per heavy atom. The van der Waals surface area contributed by atoms with Crippen LogP contribution in [0.4, 0.5) is 10.1 Å². The predicted molar refractivity (Wildman–Crippen MR) is 81.8 cm³/mol. The minimum atomic E-state index is -0.628. The zero-order valence-electron chi connectivity index (χ0n) is 11.2. The lowest BCUT2D eigenvalue weighted by atomic mass is 10.2. The van der Waals surface area contributed by atoms with Gasteiger partial charge in [0.25, 0.3) is 11.6 Å². The van der Waals surface area contributed by atoms with Gasteiger partial charge in [0.15, 0.2) is 0 Å². The third-order valence-corrected chi connectivity index (χ3v) is 3.64. The van der Waals surface area contributed by atoms with Crippen LogP contribution in [0.15, 0.2) is 40.9 Å². The Labute approximate surface area is 138 Å². The first-order chi connectivity index (χ1) is 11.0. The first-order valence-electron chi connectivity index (χ1n) is 6.20. The molecule has 0 saturated heterocycles. The van der Waals surface area contributed by atoms with E-state index in [0.29, 0.717) is 0 Å². The summed E-state index contributed by atoms with van der Waals surface area (Å²) in [5.74, 6) is -0.674. The van der Waals surface area contributed by atoms with Crippen LogP contribution in [0.5, 0.6) is 0 Å². The lowest BCUT2D eigenvalue weighted by Crippen LogP contribution is -1.90. The number of hydrogen-bond acceptors (Lipinski definition) is 5. The number of halogens is 3. The molecule has 0 atom stereocenters. The maximum absolute atomic E-state index is 13.9. The molecule has 0 saturated carbocycles. The molecule has 1 heterocycles. The van der Waals surface area contributed by atoms with Crippen LogP contribution in [0.3, 0.4) is 0 Å². The van der Waals surface area contributed by atoms with Crippen LogP contribution in [0.25, 0.3) is 22.8 Å². The highest BCUT2D eigenvalue weighted by atomic mass is 35.5. The van der Waals surface area contributed by atoms with Gasteiger partial charge in [0.2, 0.25) is 5.82 Å². The van der Waals surface area contributed by atoms with E-state index >= 15 is 0 Å². The van der Waals surface area contributed by atoms with E-state index in [9.17, 15) is 14.5 Å². The molecule has 0 fully saturated rings. The van der Waals surface area contributed by atoms with Crippen LogP contribution >= 0.6 is 23.2 Å². The number of hydrogen-bond donors (Lipinski definition) is 0. The van der Waals surface area contributed by atoms with Crippen molar-refractivity contribution in [1.82, 2.24) is 10.1 Å². The van der Waals surface area contributed by atoms with Crippen molar-refractivity contribution in [1.29, 1.82) is 0 Å². The summed E-state index contributed by atoms with van der Waals surface area (Å²) in [4.78, 5) is 14.3. The molecule has 0 amide bonds. The molecule has 0 aliphatic rings. The smallest absolute Gasteiger partial charge is 0.288 e. The zero-order valence-corrected chi connectivity index (χ0v) is 12.7. The fourth-order valence-electron chi connectivity index (χ4n) is 1.94. The first-order valence-corrected chi connectivity index (χ1v) is 6.95. The number of nitro benzene ring substituents is 1. The van der Waals surface area contributed by atoms with Crippen molar-refractivity contribution < 1.29 is 13.8 Å². The molecule has 0 unspecified atom stereocenters. The predicted octanol–water partition coefficient (Wildman–Crippen LogP) is 4.76. The van der Waals surface area contributed by atoms with Crippen LogP contribution in [-0.2, 0) is 0 Å². The molecule has 0 radical (unpaired) electrons. The van der Waals surface area contributed by atoms with Gasteiger partial charge in [-0.25, -0.2) is 4.39 Å². The largest absolute Gasteiger partial charge is 0.334 e. The lowest BCUT2D eigenvalue weighted by molar-refractivity contribution is -0.384. The van der Waals surface area contributed by atoms with Gasteiger partial charge >= 0.3 is 0 Å². The van der Waals surface area contributed by atoms with Gasteiger partial charge in [-0.15, -0.1) is 0 Å². The normalized spacial score (nSPS) is 10.7. The highest BCUT2D eigenvalue weighted by Crippen LogP contribution is 2.32. The SMILES string of the molecule is O=[N+]([O-])c1cc(-c2nc(-c3c(F)cccc3Cl)no2)ccc1Cl. The maximum Gasteiger partial charge on any atom is 0.288 e. The summed E-state index contributed by atoms with van der Waals surface area (Å²) in [7, 11) is 0. The van der Waals surface area contributed by atoms with Crippen molar-refractivity contribution in [3.63, 3.8) is 0 Å². The second-order valence-electron chi connectivity index (χ2n) is 4.44. The molecule has 0 aliphatic heterocycles. The van der Waals surface area contributed by atoms with E-state index in [0.717, 1.165) is 0 Å². The van der Waals surface area contributed by atoms with Gasteiger partial charge in [-0.05, 0) is 24.3 Å². The number of benzene rings is 2. The van der Waals surface area contributed by atoms with Crippen LogP contribution in [0.2, 0.25) is 10.0 Å². The molecule has 23 heavy (non-hydrogen) atoms. The summed E-state index contributed by atoms with van der Waals surface area (Å²) < 4.78 is 18.9. The molecular formula is C14H6Cl2FN3O3. The second kappa shape index (κ2) is 5.94. The third kappa shape index (κ3) is 2.88. The maximum atomic E-state index is 13.9. The molecule has 9 heteroatoms. The molecule has 0 N–H and O–H groups in total. The van der Waals surface area contributed by atoms with E-state index in [-0.39, 0.29) is 38.6 Å². The van der Waals surface area contributed by atoms with Crippen molar-refractivity contribution in [2.45, 2.75) is 0 Å². The van der Waals surface area contributed by atoms with Gasteiger partial charge in [0, 0.05) is 11.6 Å². The van der Waals surface area contributed by atoms with E-state index in [4.69, 9.17) is 27.7 Å². The van der Waals surface area contributed by atoms with Crippen molar-refractivity contribution in [3.8, 4) is 22.8 Å². The van der Waals surface area contributed by atoms with Crippen molar-refractivity contribution in [2.75, 3.05) is 0 Å². The van der Waals surface area contributed by atoms with E-state index in [2.05, 4.69) is 10.1 Å². The Hall–Kier alpha value is -2.51. The van der Waals surface area contributed by atoms with Crippen molar-refractivity contribution >= 4 is 28.9 Å². The van der Waals surface area contributed by atoms with Crippen LogP contribution in [0.1, 0.15) is 0 Å². The minimum Gasteiger partial charge on any atom is -0.334 e. The summed E-state index contributed by atoms with van der Waals surface area (Å²) in [5.41, 5.74) is -0.0206. The summed E-state index contributed by atoms with van der Waals surface area (Å²) in [6.45, 7) is 0. The minimum absolute atomic E-state index is 0.00682. The Morgan fingerprint density at radius 1 is 1.17 bits per heavy atom. The number of nitro groups is 1. The zero-order chi connectivity index (χ0) is 16.6. The average molecular weight is 354 g/mol. The van der Waals surface area contributed by atoms with Gasteiger partial charge in [-0.1, -0.05) is 34.4 Å². The molecule has 3 rings (SSSR count). The Kier molecular flexibility index (Phi) is 3.97. The Bertz CT molecular complexity index is 894. The van der Waals surface area contributed by atoms with Crippen LogP contribution < -0.4 is 0 Å². The highest BCUT2D eigenvalue weighted by Gasteiger charge is 2.20. The summed E-state index contributed by atoms with van der Waals surface area (Å²) in [6, 6.07) is 8.17. The topological polar surface area (TPSA) is 82.1 Å². The molecule has 0 spiro atoms. The summed E-state index contributed by atoms with van der Waals surface area (Å²) in [6.07, 6.45) is 0. The monoisotopic (exact) mass is 353 g/mol. The third-order valence-electron chi connectivity index (χ3n) is 3.00. The van der Waals surface area contributed by atoms with E-state index in [1.165, 1.54) is 36.4 Å². The van der Waals surface area contributed by atoms with E-state index in [1.807, 2.05) is 0 Å². The molecule has 6 nitrogen and oxygen atoms in total.